The second kappa shape index (κ2) is 8.71. The van der Waals surface area contributed by atoms with E-state index in [2.05, 4.69) is 17.4 Å². The van der Waals surface area contributed by atoms with E-state index in [4.69, 9.17) is 4.74 Å². The molecule has 142 valence electrons. The van der Waals surface area contributed by atoms with Crippen LogP contribution in [0.25, 0.3) is 0 Å². The van der Waals surface area contributed by atoms with Gasteiger partial charge in [-0.3, -0.25) is 9.59 Å². The molecule has 0 aliphatic carbocycles. The Labute approximate surface area is 160 Å². The van der Waals surface area contributed by atoms with E-state index in [1.165, 1.54) is 5.56 Å². The summed E-state index contributed by atoms with van der Waals surface area (Å²) in [6, 6.07) is 17.7. The number of anilines is 1. The Bertz CT molecular complexity index is 791. The number of rotatable bonds is 7. The fourth-order valence-corrected chi connectivity index (χ4v) is 3.37. The smallest absolute Gasteiger partial charge is 0.227 e. The van der Waals surface area contributed by atoms with Crippen molar-refractivity contribution in [1.29, 1.82) is 0 Å². The molecule has 1 aliphatic rings. The molecule has 0 aromatic heterocycles. The van der Waals surface area contributed by atoms with Crippen LogP contribution in [0, 0.1) is 5.92 Å². The molecule has 0 saturated carbocycles. The van der Waals surface area contributed by atoms with Crippen molar-refractivity contribution in [3.63, 3.8) is 0 Å². The van der Waals surface area contributed by atoms with E-state index in [1.54, 1.807) is 12.0 Å². The molecular weight excluding hydrogens is 340 g/mol. The van der Waals surface area contributed by atoms with Crippen LogP contribution in [0.5, 0.6) is 5.75 Å². The Morgan fingerprint density at radius 2 is 2.00 bits per heavy atom. The van der Waals surface area contributed by atoms with Gasteiger partial charge in [-0.2, -0.15) is 0 Å². The first-order valence-electron chi connectivity index (χ1n) is 9.35. The summed E-state index contributed by atoms with van der Waals surface area (Å²) in [6.45, 7) is 2.42. The molecule has 2 atom stereocenters. The molecule has 1 fully saturated rings. The average Bonchev–Trinajstić information content (AvgIpc) is 3.09. The number of hydrogen-bond donors (Lipinski definition) is 1. The highest BCUT2D eigenvalue weighted by Crippen LogP contribution is 2.28. The van der Waals surface area contributed by atoms with Gasteiger partial charge in [0, 0.05) is 30.8 Å². The molecule has 3 rings (SSSR count). The number of carbonyl (C=O) groups is 2. The maximum Gasteiger partial charge on any atom is 0.227 e. The normalized spacial score (nSPS) is 17.6. The van der Waals surface area contributed by atoms with Crippen LogP contribution in [-0.4, -0.2) is 31.5 Å². The highest BCUT2D eigenvalue weighted by Gasteiger charge is 2.35. The number of benzene rings is 2. The number of amides is 2. The lowest BCUT2D eigenvalue weighted by Gasteiger charge is -2.19. The number of methoxy groups -OCH3 is 1. The van der Waals surface area contributed by atoms with Crippen molar-refractivity contribution in [2.24, 2.45) is 5.92 Å². The summed E-state index contributed by atoms with van der Waals surface area (Å²) >= 11 is 0. The number of nitrogens with zero attached hydrogens (tertiary/aromatic N) is 1. The minimum absolute atomic E-state index is 0.0275. The lowest BCUT2D eigenvalue weighted by Crippen LogP contribution is -2.38. The molecule has 5 heteroatoms. The standard InChI is InChI=1S/C22H26N2O3/c1-16(11-12-17-7-4-3-5-8-17)23-22(26)18-13-21(25)24(15-18)19-9-6-10-20(14-19)27-2/h3-10,14,16,18H,11-13,15H2,1-2H3,(H,23,26)/t16-,18+/m0/s1. The maximum absolute atomic E-state index is 12.6. The summed E-state index contributed by atoms with van der Waals surface area (Å²) in [5.74, 6) is 0.306. The molecule has 1 aliphatic heterocycles. The number of carbonyl (C=O) groups excluding carboxylic acids is 2. The molecule has 2 amide bonds. The third-order valence-electron chi connectivity index (χ3n) is 4.96. The molecule has 2 aromatic carbocycles. The van der Waals surface area contributed by atoms with Gasteiger partial charge >= 0.3 is 0 Å². The number of hydrogen-bond acceptors (Lipinski definition) is 3. The minimum Gasteiger partial charge on any atom is -0.497 e. The molecule has 2 aromatic rings. The lowest BCUT2D eigenvalue weighted by atomic mass is 10.0. The topological polar surface area (TPSA) is 58.6 Å². The fourth-order valence-electron chi connectivity index (χ4n) is 3.37. The molecule has 1 saturated heterocycles. The second-order valence-corrected chi connectivity index (χ2v) is 7.04. The zero-order chi connectivity index (χ0) is 19.2. The van der Waals surface area contributed by atoms with E-state index in [0.717, 1.165) is 18.5 Å². The van der Waals surface area contributed by atoms with Crippen LogP contribution >= 0.6 is 0 Å². The Morgan fingerprint density at radius 3 is 2.74 bits per heavy atom. The van der Waals surface area contributed by atoms with Crippen molar-refractivity contribution in [1.82, 2.24) is 5.32 Å². The monoisotopic (exact) mass is 366 g/mol. The Hall–Kier alpha value is -2.82. The third-order valence-corrected chi connectivity index (χ3v) is 4.96. The van der Waals surface area contributed by atoms with Gasteiger partial charge in [0.1, 0.15) is 5.75 Å². The van der Waals surface area contributed by atoms with Gasteiger partial charge in [0.15, 0.2) is 0 Å². The first-order valence-corrected chi connectivity index (χ1v) is 9.35. The molecule has 0 spiro atoms. The summed E-state index contributed by atoms with van der Waals surface area (Å²) in [5.41, 5.74) is 2.03. The van der Waals surface area contributed by atoms with Gasteiger partial charge < -0.3 is 15.0 Å². The zero-order valence-corrected chi connectivity index (χ0v) is 15.9. The van der Waals surface area contributed by atoms with Gasteiger partial charge in [-0.1, -0.05) is 36.4 Å². The Balaban J connectivity index is 1.53. The molecule has 0 bridgehead atoms. The Kier molecular flexibility index (Phi) is 6.12. The van der Waals surface area contributed by atoms with Crippen molar-refractivity contribution >= 4 is 17.5 Å². The van der Waals surface area contributed by atoms with Crippen LogP contribution in [0.4, 0.5) is 5.69 Å². The summed E-state index contributed by atoms with van der Waals surface area (Å²) < 4.78 is 5.22. The van der Waals surface area contributed by atoms with Crippen LogP contribution in [0.2, 0.25) is 0 Å². The molecule has 5 nitrogen and oxygen atoms in total. The number of aryl methyl sites for hydroxylation is 1. The van der Waals surface area contributed by atoms with Gasteiger partial charge in [0.05, 0.1) is 13.0 Å². The second-order valence-electron chi connectivity index (χ2n) is 7.04. The van der Waals surface area contributed by atoms with Crippen LogP contribution in [-0.2, 0) is 16.0 Å². The maximum atomic E-state index is 12.6. The largest absolute Gasteiger partial charge is 0.497 e. The van der Waals surface area contributed by atoms with E-state index in [0.29, 0.717) is 12.3 Å². The van der Waals surface area contributed by atoms with E-state index >= 15 is 0 Å². The van der Waals surface area contributed by atoms with Gasteiger partial charge in [0.2, 0.25) is 11.8 Å². The van der Waals surface area contributed by atoms with E-state index in [9.17, 15) is 9.59 Å². The van der Waals surface area contributed by atoms with Crippen LogP contribution in [0.1, 0.15) is 25.3 Å². The molecule has 27 heavy (non-hydrogen) atoms. The molecule has 1 N–H and O–H groups in total. The molecular formula is C22H26N2O3. The summed E-state index contributed by atoms with van der Waals surface area (Å²) in [4.78, 5) is 26.7. The van der Waals surface area contributed by atoms with Crippen LogP contribution in [0.15, 0.2) is 54.6 Å². The molecule has 0 radical (unpaired) electrons. The average molecular weight is 366 g/mol. The first-order chi connectivity index (χ1) is 13.1. The van der Waals surface area contributed by atoms with Gasteiger partial charge in [-0.25, -0.2) is 0 Å². The number of nitrogens with one attached hydrogen (secondary N) is 1. The predicted octanol–water partition coefficient (Wildman–Crippen LogP) is 3.19. The van der Waals surface area contributed by atoms with Crippen molar-refractivity contribution in [3.8, 4) is 5.75 Å². The molecule has 1 heterocycles. The van der Waals surface area contributed by atoms with E-state index in [1.807, 2.05) is 49.4 Å². The highest BCUT2D eigenvalue weighted by molar-refractivity contribution is 6.00. The van der Waals surface area contributed by atoms with Gasteiger partial charge in [-0.05, 0) is 37.5 Å². The third kappa shape index (κ3) is 4.88. The van der Waals surface area contributed by atoms with Gasteiger partial charge in [0.25, 0.3) is 0 Å². The summed E-state index contributed by atoms with van der Waals surface area (Å²) in [6.07, 6.45) is 2.03. The quantitative estimate of drug-likeness (QED) is 0.819. The van der Waals surface area contributed by atoms with Crippen LogP contribution < -0.4 is 15.0 Å². The lowest BCUT2D eigenvalue weighted by molar-refractivity contribution is -0.126. The highest BCUT2D eigenvalue weighted by atomic mass is 16.5. The van der Waals surface area contributed by atoms with Gasteiger partial charge in [-0.15, -0.1) is 0 Å². The summed E-state index contributed by atoms with van der Waals surface area (Å²) in [7, 11) is 1.60. The van der Waals surface area contributed by atoms with Crippen molar-refractivity contribution in [3.05, 3.63) is 60.2 Å². The minimum atomic E-state index is -0.317. The Morgan fingerprint density at radius 1 is 1.22 bits per heavy atom. The zero-order valence-electron chi connectivity index (χ0n) is 15.9. The van der Waals surface area contributed by atoms with Crippen LogP contribution in [0.3, 0.4) is 0 Å². The van der Waals surface area contributed by atoms with E-state index < -0.39 is 0 Å². The van der Waals surface area contributed by atoms with Crippen molar-refractivity contribution < 1.29 is 14.3 Å². The first kappa shape index (κ1) is 19.0. The van der Waals surface area contributed by atoms with Crippen molar-refractivity contribution in [2.45, 2.75) is 32.2 Å². The molecule has 0 unspecified atom stereocenters. The number of ether oxygens (including phenoxy) is 1. The fraction of sp³-hybridized carbons (Fsp3) is 0.364. The van der Waals surface area contributed by atoms with E-state index in [-0.39, 0.29) is 30.2 Å². The van der Waals surface area contributed by atoms with Crippen molar-refractivity contribution in [2.75, 3.05) is 18.6 Å². The summed E-state index contributed by atoms with van der Waals surface area (Å²) in [5, 5.41) is 3.06. The predicted molar refractivity (Wildman–Crippen MR) is 106 cm³/mol. The SMILES string of the molecule is COc1cccc(N2C[C@H](C(=O)N[C@@H](C)CCc3ccccc3)CC2=O)c1.